The Balaban J connectivity index is 1.74. The highest BCUT2D eigenvalue weighted by Gasteiger charge is 2.05. The number of rotatable bonds is 3. The zero-order valence-corrected chi connectivity index (χ0v) is 11.6. The van der Waals surface area contributed by atoms with Crippen molar-refractivity contribution in [2.45, 2.75) is 6.61 Å². The van der Waals surface area contributed by atoms with E-state index >= 15 is 0 Å². The van der Waals surface area contributed by atoms with Crippen LogP contribution in [0, 0.1) is 3.57 Å². The standard InChI is InChI=1S/C14H10INO2/c15-10-5-7-11(8-6-10)17-9-14-16-12-3-1-2-4-13(12)18-14/h1-8H,9H2. The zero-order valence-electron chi connectivity index (χ0n) is 9.47. The van der Waals surface area contributed by atoms with Crippen molar-refractivity contribution in [3.8, 4) is 5.75 Å². The molecule has 4 heteroatoms. The van der Waals surface area contributed by atoms with Crippen LogP contribution in [0.4, 0.5) is 0 Å². The number of aromatic nitrogens is 1. The molecule has 0 saturated heterocycles. The fourth-order valence-corrected chi connectivity index (χ4v) is 2.02. The van der Waals surface area contributed by atoms with Crippen LogP contribution in [0.3, 0.4) is 0 Å². The molecule has 18 heavy (non-hydrogen) atoms. The largest absolute Gasteiger partial charge is 0.484 e. The van der Waals surface area contributed by atoms with Crippen LogP contribution in [0.15, 0.2) is 52.9 Å². The Kier molecular flexibility index (Phi) is 3.19. The van der Waals surface area contributed by atoms with Crippen molar-refractivity contribution >= 4 is 33.7 Å². The fourth-order valence-electron chi connectivity index (χ4n) is 1.66. The van der Waals surface area contributed by atoms with E-state index in [0.717, 1.165) is 16.8 Å². The van der Waals surface area contributed by atoms with Gasteiger partial charge < -0.3 is 9.15 Å². The molecular formula is C14H10INO2. The average molecular weight is 351 g/mol. The van der Waals surface area contributed by atoms with Gasteiger partial charge in [-0.2, -0.15) is 0 Å². The molecule has 0 unspecified atom stereocenters. The third-order valence-electron chi connectivity index (χ3n) is 2.51. The van der Waals surface area contributed by atoms with Gasteiger partial charge in [0, 0.05) is 3.57 Å². The van der Waals surface area contributed by atoms with Gasteiger partial charge in [0.05, 0.1) is 0 Å². The first-order valence-corrected chi connectivity index (χ1v) is 6.62. The first kappa shape index (κ1) is 11.5. The van der Waals surface area contributed by atoms with Crippen LogP contribution < -0.4 is 4.74 Å². The van der Waals surface area contributed by atoms with Crippen LogP contribution in [0.1, 0.15) is 5.89 Å². The Hall–Kier alpha value is -1.56. The lowest BCUT2D eigenvalue weighted by Gasteiger charge is -2.02. The SMILES string of the molecule is Ic1ccc(OCc2nc3ccccc3o2)cc1. The summed E-state index contributed by atoms with van der Waals surface area (Å²) < 4.78 is 12.4. The third-order valence-corrected chi connectivity index (χ3v) is 3.23. The summed E-state index contributed by atoms with van der Waals surface area (Å²) in [6, 6.07) is 15.6. The summed E-state index contributed by atoms with van der Waals surface area (Å²) in [5, 5.41) is 0. The molecule has 0 bridgehead atoms. The minimum absolute atomic E-state index is 0.343. The number of halogens is 1. The van der Waals surface area contributed by atoms with Crippen molar-refractivity contribution in [2.24, 2.45) is 0 Å². The van der Waals surface area contributed by atoms with Crippen LogP contribution in [-0.2, 0) is 6.61 Å². The van der Waals surface area contributed by atoms with E-state index in [1.807, 2.05) is 48.5 Å². The van der Waals surface area contributed by atoms with E-state index < -0.39 is 0 Å². The normalized spacial score (nSPS) is 10.7. The smallest absolute Gasteiger partial charge is 0.233 e. The highest BCUT2D eigenvalue weighted by Crippen LogP contribution is 2.18. The molecule has 0 radical (unpaired) electrons. The molecule has 0 N–H and O–H groups in total. The Bertz CT molecular complexity index is 628. The summed E-state index contributed by atoms with van der Waals surface area (Å²) >= 11 is 2.26. The maximum Gasteiger partial charge on any atom is 0.233 e. The van der Waals surface area contributed by atoms with Gasteiger partial charge in [0.2, 0.25) is 5.89 Å². The van der Waals surface area contributed by atoms with Crippen LogP contribution >= 0.6 is 22.6 Å². The van der Waals surface area contributed by atoms with Crippen LogP contribution in [-0.4, -0.2) is 4.98 Å². The molecule has 0 aliphatic heterocycles. The van der Waals surface area contributed by atoms with Gasteiger partial charge in [-0.05, 0) is 59.0 Å². The highest BCUT2D eigenvalue weighted by molar-refractivity contribution is 14.1. The van der Waals surface area contributed by atoms with Crippen LogP contribution in [0.25, 0.3) is 11.1 Å². The quantitative estimate of drug-likeness (QED) is 0.669. The van der Waals surface area contributed by atoms with E-state index in [4.69, 9.17) is 9.15 Å². The summed E-state index contributed by atoms with van der Waals surface area (Å²) in [5.41, 5.74) is 1.65. The number of para-hydroxylation sites is 2. The molecule has 90 valence electrons. The molecule has 0 aliphatic carbocycles. The molecule has 0 aliphatic rings. The van der Waals surface area contributed by atoms with Crippen molar-refractivity contribution < 1.29 is 9.15 Å². The molecule has 0 atom stereocenters. The Morgan fingerprint density at radius 1 is 1.06 bits per heavy atom. The van der Waals surface area contributed by atoms with Gasteiger partial charge in [0.15, 0.2) is 12.2 Å². The monoisotopic (exact) mass is 351 g/mol. The number of oxazole rings is 1. The van der Waals surface area contributed by atoms with Crippen molar-refractivity contribution in [1.29, 1.82) is 0 Å². The number of benzene rings is 2. The van der Waals surface area contributed by atoms with Gasteiger partial charge in [0.1, 0.15) is 11.3 Å². The summed E-state index contributed by atoms with van der Waals surface area (Å²) in [6.45, 7) is 0.343. The minimum Gasteiger partial charge on any atom is -0.484 e. The summed E-state index contributed by atoms with van der Waals surface area (Å²) in [5.74, 6) is 1.41. The first-order valence-electron chi connectivity index (χ1n) is 5.54. The molecule has 3 nitrogen and oxygen atoms in total. The number of fused-ring (bicyclic) bond motifs is 1. The first-order chi connectivity index (χ1) is 8.81. The number of nitrogens with zero attached hydrogens (tertiary/aromatic N) is 1. The molecule has 1 heterocycles. The van der Waals surface area contributed by atoms with Gasteiger partial charge in [0.25, 0.3) is 0 Å². The lowest BCUT2D eigenvalue weighted by atomic mass is 10.3. The number of hydrogen-bond donors (Lipinski definition) is 0. The molecule has 0 fully saturated rings. The second kappa shape index (κ2) is 4.97. The van der Waals surface area contributed by atoms with Crippen molar-refractivity contribution in [3.05, 3.63) is 58.0 Å². The Morgan fingerprint density at radius 2 is 1.83 bits per heavy atom. The fraction of sp³-hybridized carbons (Fsp3) is 0.0714. The molecule has 0 amide bonds. The maximum absolute atomic E-state index is 5.62. The van der Waals surface area contributed by atoms with Gasteiger partial charge in [-0.25, -0.2) is 4.98 Å². The lowest BCUT2D eigenvalue weighted by Crippen LogP contribution is -1.95. The maximum atomic E-state index is 5.62. The number of ether oxygens (including phenoxy) is 1. The highest BCUT2D eigenvalue weighted by atomic mass is 127. The molecule has 2 aromatic carbocycles. The van der Waals surface area contributed by atoms with E-state index in [2.05, 4.69) is 27.6 Å². The number of hydrogen-bond acceptors (Lipinski definition) is 3. The van der Waals surface area contributed by atoms with Gasteiger partial charge >= 0.3 is 0 Å². The van der Waals surface area contributed by atoms with Crippen LogP contribution in [0.2, 0.25) is 0 Å². The zero-order chi connectivity index (χ0) is 12.4. The average Bonchev–Trinajstić information content (AvgIpc) is 2.81. The third kappa shape index (κ3) is 2.48. The predicted molar refractivity (Wildman–Crippen MR) is 77.5 cm³/mol. The second-order valence-electron chi connectivity index (χ2n) is 3.82. The molecule has 1 aromatic heterocycles. The lowest BCUT2D eigenvalue weighted by molar-refractivity contribution is 0.267. The molecular weight excluding hydrogens is 341 g/mol. The molecule has 0 spiro atoms. The summed E-state index contributed by atoms with van der Waals surface area (Å²) in [7, 11) is 0. The molecule has 3 aromatic rings. The van der Waals surface area contributed by atoms with Crippen molar-refractivity contribution in [3.63, 3.8) is 0 Å². The predicted octanol–water partition coefficient (Wildman–Crippen LogP) is 4.01. The minimum atomic E-state index is 0.343. The van der Waals surface area contributed by atoms with E-state index in [-0.39, 0.29) is 0 Å². The van der Waals surface area contributed by atoms with Gasteiger partial charge in [-0.1, -0.05) is 12.1 Å². The van der Waals surface area contributed by atoms with Crippen molar-refractivity contribution in [2.75, 3.05) is 0 Å². The Labute approximate surface area is 118 Å². The molecule has 3 rings (SSSR count). The van der Waals surface area contributed by atoms with E-state index in [1.54, 1.807) is 0 Å². The summed E-state index contributed by atoms with van der Waals surface area (Å²) in [6.07, 6.45) is 0. The van der Waals surface area contributed by atoms with Gasteiger partial charge in [-0.15, -0.1) is 0 Å². The van der Waals surface area contributed by atoms with E-state index in [1.165, 1.54) is 3.57 Å². The Morgan fingerprint density at radius 3 is 2.61 bits per heavy atom. The van der Waals surface area contributed by atoms with E-state index in [9.17, 15) is 0 Å². The second-order valence-corrected chi connectivity index (χ2v) is 5.06. The van der Waals surface area contributed by atoms with Gasteiger partial charge in [-0.3, -0.25) is 0 Å². The summed E-state index contributed by atoms with van der Waals surface area (Å²) in [4.78, 5) is 4.35. The topological polar surface area (TPSA) is 35.3 Å². The van der Waals surface area contributed by atoms with E-state index in [0.29, 0.717) is 12.5 Å². The van der Waals surface area contributed by atoms with Crippen molar-refractivity contribution in [1.82, 2.24) is 4.98 Å². The molecule has 0 saturated carbocycles. The van der Waals surface area contributed by atoms with Crippen LogP contribution in [0.5, 0.6) is 5.75 Å².